The molecule has 1 aliphatic carbocycles. The normalized spacial score (nSPS) is 22.0. The number of benzene rings is 1. The summed E-state index contributed by atoms with van der Waals surface area (Å²) in [4.78, 5) is 0. The van der Waals surface area contributed by atoms with E-state index in [1.807, 2.05) is 0 Å². The first-order valence-electron chi connectivity index (χ1n) is 7.16. The van der Waals surface area contributed by atoms with Crippen LogP contribution in [0.15, 0.2) is 47.1 Å². The average Bonchev–Trinajstić information content (AvgIpc) is 2.37. The van der Waals surface area contributed by atoms with Crippen LogP contribution in [-0.2, 0) is 6.42 Å². The fraction of sp³-hybridized carbons (Fsp3) is 0.412. The molecule has 3 atom stereocenters. The summed E-state index contributed by atoms with van der Waals surface area (Å²) in [6, 6.07) is 8.32. The number of alkyl halides is 2. The third-order valence-corrected chi connectivity index (χ3v) is 4.80. The smallest absolute Gasteiger partial charge is 0.186 e. The van der Waals surface area contributed by atoms with Crippen molar-refractivity contribution in [3.05, 3.63) is 58.2 Å². The molecule has 0 N–H and O–H groups in total. The molecule has 0 heterocycles. The van der Waals surface area contributed by atoms with Crippen LogP contribution in [0.25, 0.3) is 0 Å². The fourth-order valence-corrected chi connectivity index (χ4v) is 4.30. The number of allylic oxidation sites excluding steroid dienone is 4. The van der Waals surface area contributed by atoms with Crippen molar-refractivity contribution in [1.82, 2.24) is 0 Å². The molecule has 0 saturated heterocycles. The quantitative estimate of drug-likeness (QED) is 0.308. The lowest BCUT2D eigenvalue weighted by atomic mass is 9.87. The second-order valence-electron chi connectivity index (χ2n) is 5.61. The lowest BCUT2D eigenvalue weighted by Crippen LogP contribution is -2.17. The maximum atomic E-state index is 14.3. The van der Waals surface area contributed by atoms with Crippen LogP contribution in [-0.4, -0.2) is 3.68 Å². The Morgan fingerprint density at radius 1 is 1.33 bits per heavy atom. The Kier molecular flexibility index (Phi) is 5.59. The maximum Gasteiger partial charge on any atom is 0.186 e. The molecule has 0 bridgehead atoms. The van der Waals surface area contributed by atoms with Gasteiger partial charge in [-0.1, -0.05) is 37.6 Å². The van der Waals surface area contributed by atoms with Crippen molar-refractivity contribution in [2.75, 3.05) is 0 Å². The van der Waals surface area contributed by atoms with Crippen molar-refractivity contribution < 1.29 is 8.78 Å². The van der Waals surface area contributed by atoms with Crippen molar-refractivity contribution in [1.29, 1.82) is 0 Å². The second kappa shape index (κ2) is 6.87. The summed E-state index contributed by atoms with van der Waals surface area (Å²) in [5.41, 5.74) is 2.55. The first-order valence-corrected chi connectivity index (χ1v) is 8.82. The molecule has 1 aromatic rings. The van der Waals surface area contributed by atoms with E-state index in [1.165, 1.54) is 12.5 Å². The highest BCUT2D eigenvalue weighted by atomic mass is 127. The third-order valence-electron chi connectivity index (χ3n) is 3.73. The van der Waals surface area contributed by atoms with Crippen molar-refractivity contribution >= 4 is 31.8 Å². The summed E-state index contributed by atoms with van der Waals surface area (Å²) in [5.74, 6) is -0.455. The number of rotatable bonds is 4. The minimum Gasteiger partial charge on any atom is -0.227 e. The summed E-state index contributed by atoms with van der Waals surface area (Å²) in [6.45, 7) is 3.54. The zero-order chi connectivity index (χ0) is 15.6. The number of halogens is 3. The number of hydrogen-bond donors (Lipinski definition) is 0. The molecule has 0 fully saturated rings. The van der Waals surface area contributed by atoms with Gasteiger partial charge in [0.05, 0.1) is 0 Å². The van der Waals surface area contributed by atoms with Crippen LogP contribution in [0.1, 0.15) is 43.7 Å². The van der Waals surface area contributed by atoms with E-state index in [1.54, 1.807) is 28.7 Å². The van der Waals surface area contributed by atoms with Crippen molar-refractivity contribution in [2.45, 2.75) is 42.7 Å². The van der Waals surface area contributed by atoms with Crippen molar-refractivity contribution in [3.63, 3.8) is 0 Å². The summed E-state index contributed by atoms with van der Waals surface area (Å²) in [5, 5.41) is 0.719. The van der Waals surface area contributed by atoms with Gasteiger partial charge in [0, 0.05) is 11.5 Å². The molecular weight excluding hydrogens is 400 g/mol. The Morgan fingerprint density at radius 3 is 2.43 bits per heavy atom. The predicted octanol–water partition coefficient (Wildman–Crippen LogP) is 6.23. The molecule has 1 aliphatic rings. The predicted molar refractivity (Wildman–Crippen MR) is 97.3 cm³/mol. The van der Waals surface area contributed by atoms with Gasteiger partial charge in [0.15, 0.2) is 3.68 Å². The minimum absolute atomic E-state index is 0.0179. The number of aryl methyl sites for hydroxylation is 1. The van der Waals surface area contributed by atoms with Crippen molar-refractivity contribution in [3.8, 4) is 0 Å². The fourth-order valence-electron chi connectivity index (χ4n) is 2.74. The van der Waals surface area contributed by atoms with Gasteiger partial charge in [0.2, 0.25) is 0 Å². The molecule has 114 valence electrons. The maximum absolute atomic E-state index is 14.3. The lowest BCUT2D eigenvalue weighted by molar-refractivity contribution is 0.377. The highest BCUT2D eigenvalue weighted by Crippen LogP contribution is 2.46. The Balaban J connectivity index is 2.24. The Bertz CT molecular complexity index is 567. The van der Waals surface area contributed by atoms with Gasteiger partial charge in [0.1, 0.15) is 5.83 Å². The molecule has 0 radical (unpaired) electrons. The molecule has 0 aliphatic heterocycles. The Labute approximate surface area is 141 Å². The van der Waals surface area contributed by atoms with Crippen LogP contribution in [0.3, 0.4) is 0 Å². The van der Waals surface area contributed by atoms with Crippen LogP contribution in [0, 0.1) is 0 Å². The molecule has 21 heavy (non-hydrogen) atoms. The highest BCUT2D eigenvalue weighted by Gasteiger charge is 2.33. The Morgan fingerprint density at radius 2 is 1.95 bits per heavy atom. The highest BCUT2D eigenvalue weighted by molar-refractivity contribution is 14.1. The molecule has 0 nitrogen and oxygen atoms in total. The molecule has 3 unspecified atom stereocenters. The largest absolute Gasteiger partial charge is 0.227 e. The van der Waals surface area contributed by atoms with Crippen LogP contribution in [0.4, 0.5) is 8.78 Å². The van der Waals surface area contributed by atoms with Gasteiger partial charge in [-0.25, -0.2) is 8.78 Å². The zero-order valence-corrected chi connectivity index (χ0v) is 15.6. The van der Waals surface area contributed by atoms with E-state index < -0.39 is 9.50 Å². The van der Waals surface area contributed by atoms with Crippen LogP contribution >= 0.6 is 31.8 Å². The summed E-state index contributed by atoms with van der Waals surface area (Å²) < 4.78 is 26.7. The van der Waals surface area contributed by atoms with Crippen LogP contribution in [0.5, 0.6) is 0 Å². The molecule has 0 aromatic heterocycles. The average molecular weight is 420 g/mol. The molecule has 0 spiro atoms. The van der Waals surface area contributed by atoms with Gasteiger partial charge in [-0.2, -0.15) is 0 Å². The molecule has 0 amide bonds. The second-order valence-corrected chi connectivity index (χ2v) is 8.33. The monoisotopic (exact) mass is 420 g/mol. The van der Waals surface area contributed by atoms with E-state index in [0.717, 1.165) is 23.7 Å². The van der Waals surface area contributed by atoms with E-state index >= 15 is 0 Å². The SMILES string of the molecule is CCCc1ccc(C2C=C(F)C(C(C)(F)I)=C(P)C2)cc1. The zero-order valence-electron chi connectivity index (χ0n) is 12.3. The van der Waals surface area contributed by atoms with Crippen LogP contribution in [0.2, 0.25) is 0 Å². The topological polar surface area (TPSA) is 0 Å². The van der Waals surface area contributed by atoms with Gasteiger partial charge < -0.3 is 0 Å². The van der Waals surface area contributed by atoms with E-state index in [0.29, 0.717) is 6.42 Å². The third kappa shape index (κ3) is 4.13. The lowest BCUT2D eigenvalue weighted by Gasteiger charge is -2.26. The number of hydrogen-bond acceptors (Lipinski definition) is 0. The van der Waals surface area contributed by atoms with Crippen molar-refractivity contribution in [2.24, 2.45) is 0 Å². The summed E-state index contributed by atoms with van der Waals surface area (Å²) >= 11 is 1.64. The minimum atomic E-state index is -1.68. The van der Waals surface area contributed by atoms with E-state index in [2.05, 4.69) is 40.4 Å². The van der Waals surface area contributed by atoms with Gasteiger partial charge >= 0.3 is 0 Å². The summed E-state index contributed by atoms with van der Waals surface area (Å²) in [6.07, 6.45) is 4.37. The Hall–Kier alpha value is -0.280. The first-order chi connectivity index (χ1) is 9.82. The van der Waals surface area contributed by atoms with Crippen LogP contribution < -0.4 is 0 Å². The van der Waals surface area contributed by atoms with E-state index in [-0.39, 0.29) is 11.5 Å². The first kappa shape index (κ1) is 17.1. The molecule has 4 heteroatoms. The van der Waals surface area contributed by atoms with Gasteiger partial charge in [-0.05, 0) is 64.9 Å². The van der Waals surface area contributed by atoms with Gasteiger partial charge in [-0.15, -0.1) is 9.24 Å². The van der Waals surface area contributed by atoms with Gasteiger partial charge in [0.25, 0.3) is 0 Å². The van der Waals surface area contributed by atoms with Gasteiger partial charge in [-0.3, -0.25) is 0 Å². The van der Waals surface area contributed by atoms with E-state index in [9.17, 15) is 8.78 Å². The molecule has 1 aromatic carbocycles. The molecular formula is C17H20F2IP. The molecule has 2 rings (SSSR count). The molecule has 0 saturated carbocycles. The standard InChI is InChI=1S/C17H20F2IP/c1-3-4-11-5-7-12(8-6-11)13-9-14(18)16(15(21)10-13)17(2,19)20/h5-9,13H,3-4,10,21H2,1-2H3. The summed E-state index contributed by atoms with van der Waals surface area (Å²) in [7, 11) is 2.51. The van der Waals surface area contributed by atoms with E-state index in [4.69, 9.17) is 0 Å².